The van der Waals surface area contributed by atoms with Gasteiger partial charge in [-0.25, -0.2) is 0 Å². The van der Waals surface area contributed by atoms with Gasteiger partial charge in [0.15, 0.2) is 0 Å². The van der Waals surface area contributed by atoms with E-state index in [-0.39, 0.29) is 11.8 Å². The number of aryl methyl sites for hydroxylation is 2. The lowest BCUT2D eigenvalue weighted by Gasteiger charge is -2.19. The van der Waals surface area contributed by atoms with Crippen molar-refractivity contribution in [1.82, 2.24) is 4.98 Å². The predicted octanol–water partition coefficient (Wildman–Crippen LogP) is 5.38. The maximum Gasteiger partial charge on any atom is 0.307 e. The maximum atomic E-state index is 11.5. The summed E-state index contributed by atoms with van der Waals surface area (Å²) in [6, 6.07) is 12.6. The van der Waals surface area contributed by atoms with E-state index in [4.69, 9.17) is 0 Å². The number of rotatable bonds is 3. The van der Waals surface area contributed by atoms with Gasteiger partial charge < -0.3 is 10.1 Å². The largest absolute Gasteiger partial charge is 0.481 e. The predicted molar refractivity (Wildman–Crippen MR) is 103 cm³/mol. The zero-order valence-corrected chi connectivity index (χ0v) is 15.5. The van der Waals surface area contributed by atoms with Crippen LogP contribution in [0.25, 0.3) is 22.2 Å². The van der Waals surface area contributed by atoms with E-state index in [1.807, 2.05) is 0 Å². The monoisotopic (exact) mass is 335 g/mol. The Morgan fingerprint density at radius 3 is 2.40 bits per heavy atom. The van der Waals surface area contributed by atoms with Crippen LogP contribution in [0, 0.1) is 13.8 Å². The molecule has 0 fully saturated rings. The summed E-state index contributed by atoms with van der Waals surface area (Å²) in [4.78, 5) is 15.0. The number of carboxylic acids is 1. The van der Waals surface area contributed by atoms with E-state index in [2.05, 4.69) is 76.0 Å². The lowest BCUT2D eigenvalue weighted by Crippen LogP contribution is -2.10. The van der Waals surface area contributed by atoms with E-state index in [9.17, 15) is 9.90 Å². The van der Waals surface area contributed by atoms with Crippen LogP contribution in [0.2, 0.25) is 0 Å². The molecule has 0 bridgehead atoms. The zero-order valence-electron chi connectivity index (χ0n) is 15.5. The third-order valence-electron chi connectivity index (χ3n) is 4.75. The summed E-state index contributed by atoms with van der Waals surface area (Å²) in [6.45, 7) is 10.6. The van der Waals surface area contributed by atoms with Crippen LogP contribution in [0.15, 0.2) is 36.4 Å². The summed E-state index contributed by atoms with van der Waals surface area (Å²) in [5.41, 5.74) is 7.40. The highest BCUT2D eigenvalue weighted by molar-refractivity contribution is 5.94. The molecular weight excluding hydrogens is 310 g/mol. The SMILES string of the molecule is Cc1ccc(-c2[nH]c3ccc(C(C)(C)C)cc3c2CC(=O)O)c(C)c1. The Hall–Kier alpha value is -2.55. The summed E-state index contributed by atoms with van der Waals surface area (Å²) in [6.07, 6.45) is 0.0102. The summed E-state index contributed by atoms with van der Waals surface area (Å²) in [7, 11) is 0. The van der Waals surface area contributed by atoms with E-state index < -0.39 is 5.97 Å². The van der Waals surface area contributed by atoms with Crippen molar-refractivity contribution in [1.29, 1.82) is 0 Å². The van der Waals surface area contributed by atoms with Gasteiger partial charge in [0.1, 0.15) is 0 Å². The van der Waals surface area contributed by atoms with Crippen LogP contribution in [0.1, 0.15) is 43.0 Å². The highest BCUT2D eigenvalue weighted by Crippen LogP contribution is 2.35. The van der Waals surface area contributed by atoms with Crippen molar-refractivity contribution in [2.24, 2.45) is 0 Å². The van der Waals surface area contributed by atoms with Gasteiger partial charge in [0, 0.05) is 16.5 Å². The molecule has 1 aromatic heterocycles. The number of aromatic amines is 1. The van der Waals surface area contributed by atoms with Crippen LogP contribution < -0.4 is 0 Å². The molecule has 0 atom stereocenters. The fourth-order valence-electron chi connectivity index (χ4n) is 3.37. The Bertz CT molecular complexity index is 958. The van der Waals surface area contributed by atoms with E-state index in [0.29, 0.717) is 0 Å². The second kappa shape index (κ2) is 6.07. The van der Waals surface area contributed by atoms with Crippen molar-refractivity contribution in [3.8, 4) is 11.3 Å². The Morgan fingerprint density at radius 2 is 1.80 bits per heavy atom. The lowest BCUT2D eigenvalue weighted by molar-refractivity contribution is -0.136. The summed E-state index contributed by atoms with van der Waals surface area (Å²) < 4.78 is 0. The number of aliphatic carboxylic acids is 1. The number of fused-ring (bicyclic) bond motifs is 1. The number of H-pyrrole nitrogens is 1. The minimum atomic E-state index is -0.812. The van der Waals surface area contributed by atoms with Crippen molar-refractivity contribution < 1.29 is 9.90 Å². The van der Waals surface area contributed by atoms with Crippen LogP contribution in [-0.4, -0.2) is 16.1 Å². The van der Waals surface area contributed by atoms with Gasteiger partial charge in [0.2, 0.25) is 0 Å². The van der Waals surface area contributed by atoms with Crippen LogP contribution in [-0.2, 0) is 16.6 Å². The second-order valence-electron chi connectivity index (χ2n) is 7.88. The van der Waals surface area contributed by atoms with Crippen LogP contribution in [0.5, 0.6) is 0 Å². The Balaban J connectivity index is 2.29. The molecule has 25 heavy (non-hydrogen) atoms. The highest BCUT2D eigenvalue weighted by atomic mass is 16.4. The van der Waals surface area contributed by atoms with Crippen molar-refractivity contribution >= 4 is 16.9 Å². The molecule has 2 aromatic carbocycles. The molecule has 0 amide bonds. The van der Waals surface area contributed by atoms with E-state index >= 15 is 0 Å². The molecular formula is C22H25NO2. The number of carboxylic acid groups (broad SMARTS) is 1. The standard InChI is InChI=1S/C22H25NO2/c1-13-6-8-16(14(2)10-13)21-18(12-20(24)25)17-11-15(22(3,4)5)7-9-19(17)23-21/h6-11,23H,12H2,1-5H3,(H,24,25). The smallest absolute Gasteiger partial charge is 0.307 e. The third kappa shape index (κ3) is 3.32. The zero-order chi connectivity index (χ0) is 18.4. The van der Waals surface area contributed by atoms with Crippen molar-refractivity contribution in [2.75, 3.05) is 0 Å². The molecule has 0 aliphatic rings. The first kappa shape index (κ1) is 17.3. The molecule has 0 radical (unpaired) electrons. The first-order valence-corrected chi connectivity index (χ1v) is 8.61. The third-order valence-corrected chi connectivity index (χ3v) is 4.75. The lowest BCUT2D eigenvalue weighted by atomic mass is 9.86. The van der Waals surface area contributed by atoms with Gasteiger partial charge in [-0.05, 0) is 48.1 Å². The van der Waals surface area contributed by atoms with Crippen LogP contribution >= 0.6 is 0 Å². The van der Waals surface area contributed by atoms with Crippen molar-refractivity contribution in [3.63, 3.8) is 0 Å². The topological polar surface area (TPSA) is 53.1 Å². The molecule has 1 heterocycles. The molecule has 3 rings (SSSR count). The molecule has 130 valence electrons. The van der Waals surface area contributed by atoms with Crippen molar-refractivity contribution in [2.45, 2.75) is 46.5 Å². The molecule has 2 N–H and O–H groups in total. The van der Waals surface area contributed by atoms with Gasteiger partial charge >= 0.3 is 5.97 Å². The average Bonchev–Trinajstić information content (AvgIpc) is 2.83. The van der Waals surface area contributed by atoms with E-state index in [0.717, 1.165) is 33.3 Å². The van der Waals surface area contributed by atoms with Gasteiger partial charge in [-0.15, -0.1) is 0 Å². The molecule has 0 saturated heterocycles. The maximum absolute atomic E-state index is 11.5. The molecule has 0 saturated carbocycles. The minimum Gasteiger partial charge on any atom is -0.481 e. The number of hydrogen-bond donors (Lipinski definition) is 2. The molecule has 3 nitrogen and oxygen atoms in total. The number of benzene rings is 2. The van der Waals surface area contributed by atoms with Gasteiger partial charge in [0.05, 0.1) is 12.1 Å². The summed E-state index contributed by atoms with van der Waals surface area (Å²) >= 11 is 0. The Kier molecular flexibility index (Phi) is 4.19. The quantitative estimate of drug-likeness (QED) is 0.675. The highest BCUT2D eigenvalue weighted by Gasteiger charge is 2.20. The number of hydrogen-bond acceptors (Lipinski definition) is 1. The minimum absolute atomic E-state index is 0.0102. The summed E-state index contributed by atoms with van der Waals surface area (Å²) in [5.74, 6) is -0.812. The number of nitrogens with one attached hydrogen (secondary N) is 1. The first-order valence-electron chi connectivity index (χ1n) is 8.61. The average molecular weight is 335 g/mol. The second-order valence-corrected chi connectivity index (χ2v) is 7.88. The van der Waals surface area contributed by atoms with Gasteiger partial charge in [0.25, 0.3) is 0 Å². The molecule has 0 aliphatic carbocycles. The van der Waals surface area contributed by atoms with Crippen molar-refractivity contribution in [3.05, 3.63) is 58.7 Å². The fourth-order valence-corrected chi connectivity index (χ4v) is 3.37. The first-order chi connectivity index (χ1) is 11.7. The number of aromatic nitrogens is 1. The summed E-state index contributed by atoms with van der Waals surface area (Å²) in [5, 5.41) is 10.4. The van der Waals surface area contributed by atoms with Gasteiger partial charge in [-0.1, -0.05) is 50.6 Å². The molecule has 0 unspecified atom stereocenters. The number of carbonyl (C=O) groups is 1. The van der Waals surface area contributed by atoms with E-state index in [1.165, 1.54) is 11.1 Å². The Morgan fingerprint density at radius 1 is 1.08 bits per heavy atom. The van der Waals surface area contributed by atoms with Gasteiger partial charge in [-0.3, -0.25) is 4.79 Å². The molecule has 0 aliphatic heterocycles. The Labute approximate surface area is 148 Å². The molecule has 0 spiro atoms. The fraction of sp³-hybridized carbons (Fsp3) is 0.318. The van der Waals surface area contributed by atoms with Crippen LogP contribution in [0.4, 0.5) is 0 Å². The van der Waals surface area contributed by atoms with Gasteiger partial charge in [-0.2, -0.15) is 0 Å². The molecule has 3 heteroatoms. The van der Waals surface area contributed by atoms with E-state index in [1.54, 1.807) is 0 Å². The normalized spacial score (nSPS) is 11.9. The van der Waals surface area contributed by atoms with Crippen LogP contribution in [0.3, 0.4) is 0 Å². The molecule has 3 aromatic rings.